The Morgan fingerprint density at radius 3 is 2.24 bits per heavy atom. The van der Waals surface area contributed by atoms with Gasteiger partial charge in [0.15, 0.2) is 0 Å². The van der Waals surface area contributed by atoms with Crippen molar-refractivity contribution in [2.24, 2.45) is 0 Å². The van der Waals surface area contributed by atoms with Crippen molar-refractivity contribution in [2.75, 3.05) is 39.8 Å². The van der Waals surface area contributed by atoms with Crippen molar-refractivity contribution < 1.29 is 14.2 Å². The summed E-state index contributed by atoms with van der Waals surface area (Å²) in [6.07, 6.45) is 7.27. The van der Waals surface area contributed by atoms with Crippen molar-refractivity contribution in [1.29, 1.82) is 0 Å². The lowest BCUT2D eigenvalue weighted by Gasteiger charge is -2.37. The van der Waals surface area contributed by atoms with Crippen LogP contribution in [0.2, 0.25) is 0 Å². The quantitative estimate of drug-likeness (QED) is 0.833. The molecule has 3 fully saturated rings. The van der Waals surface area contributed by atoms with Gasteiger partial charge < -0.3 is 15.2 Å². The Labute approximate surface area is 128 Å². The van der Waals surface area contributed by atoms with Crippen molar-refractivity contribution in [3.05, 3.63) is 0 Å². The number of piperidine rings is 2. The van der Waals surface area contributed by atoms with Crippen LogP contribution in [0.4, 0.5) is 4.39 Å². The molecular formula is C16H31FN2O2. The zero-order valence-electron chi connectivity index (χ0n) is 13.3. The summed E-state index contributed by atoms with van der Waals surface area (Å²) in [5.74, 6) is 0. The predicted molar refractivity (Wildman–Crippen MR) is 82.3 cm³/mol. The summed E-state index contributed by atoms with van der Waals surface area (Å²) in [5.41, 5.74) is -0.993. The van der Waals surface area contributed by atoms with Gasteiger partial charge in [0.1, 0.15) is 5.67 Å². The van der Waals surface area contributed by atoms with Crippen LogP contribution < -0.4 is 5.32 Å². The Balaban J connectivity index is 0.000000225. The highest BCUT2D eigenvalue weighted by Crippen LogP contribution is 2.25. The van der Waals surface area contributed by atoms with Gasteiger partial charge in [-0.05, 0) is 58.0 Å². The summed E-state index contributed by atoms with van der Waals surface area (Å²) in [6.45, 7) is 3.85. The van der Waals surface area contributed by atoms with Crippen molar-refractivity contribution in [1.82, 2.24) is 10.2 Å². The van der Waals surface area contributed by atoms with E-state index in [1.807, 2.05) is 0 Å². The summed E-state index contributed by atoms with van der Waals surface area (Å²) in [5, 5.41) is 12.6. The molecule has 2 heterocycles. The number of rotatable bonds is 3. The first-order valence-corrected chi connectivity index (χ1v) is 8.44. The van der Waals surface area contributed by atoms with Gasteiger partial charge >= 0.3 is 0 Å². The molecule has 0 aromatic rings. The molecule has 0 amide bonds. The van der Waals surface area contributed by atoms with Crippen LogP contribution in [0.25, 0.3) is 0 Å². The molecule has 3 rings (SSSR count). The number of aliphatic hydroxyl groups excluding tert-OH is 1. The maximum Gasteiger partial charge on any atom is 0.126 e. The topological polar surface area (TPSA) is 44.7 Å². The first-order chi connectivity index (χ1) is 10.1. The average molecular weight is 302 g/mol. The number of halogens is 1. The van der Waals surface area contributed by atoms with Gasteiger partial charge in [0.05, 0.1) is 12.2 Å². The van der Waals surface area contributed by atoms with Crippen LogP contribution in [0.15, 0.2) is 0 Å². The van der Waals surface area contributed by atoms with Gasteiger partial charge in [0.2, 0.25) is 0 Å². The SMILES string of the molecule is COC1CCC1.OC1CCN(CC2(F)CCNCC2)CC1. The molecular weight excluding hydrogens is 271 g/mol. The minimum absolute atomic E-state index is 0.162. The molecule has 2 N–H and O–H groups in total. The second kappa shape index (κ2) is 8.42. The van der Waals surface area contributed by atoms with Crippen LogP contribution in [0.3, 0.4) is 0 Å². The lowest BCUT2D eigenvalue weighted by Crippen LogP contribution is -2.49. The van der Waals surface area contributed by atoms with E-state index in [1.54, 1.807) is 7.11 Å². The third kappa shape index (κ3) is 5.81. The van der Waals surface area contributed by atoms with E-state index in [2.05, 4.69) is 10.2 Å². The van der Waals surface area contributed by atoms with Crippen LogP contribution >= 0.6 is 0 Å². The second-order valence-corrected chi connectivity index (χ2v) is 6.70. The zero-order chi connectivity index (χ0) is 15.1. The summed E-state index contributed by atoms with van der Waals surface area (Å²) >= 11 is 0. The van der Waals surface area contributed by atoms with E-state index in [9.17, 15) is 9.50 Å². The number of aliphatic hydroxyl groups is 1. The molecule has 0 aromatic heterocycles. The minimum atomic E-state index is -0.993. The number of hydrogen-bond acceptors (Lipinski definition) is 4. The summed E-state index contributed by atoms with van der Waals surface area (Å²) in [6, 6.07) is 0. The standard InChI is InChI=1S/C11H21FN2O.C5H10O/c12-11(3-5-13-6-4-11)9-14-7-1-10(15)2-8-14;1-6-5-3-2-4-5/h10,13,15H,1-9H2;5H,2-4H2,1H3. The van der Waals surface area contributed by atoms with Gasteiger partial charge in [0, 0.05) is 26.7 Å². The molecule has 21 heavy (non-hydrogen) atoms. The number of hydrogen-bond donors (Lipinski definition) is 2. The van der Waals surface area contributed by atoms with E-state index in [-0.39, 0.29) is 6.10 Å². The Kier molecular flexibility index (Phi) is 6.86. The first-order valence-electron chi connectivity index (χ1n) is 8.44. The highest BCUT2D eigenvalue weighted by molar-refractivity contribution is 4.89. The second-order valence-electron chi connectivity index (χ2n) is 6.70. The third-order valence-corrected chi connectivity index (χ3v) is 4.95. The minimum Gasteiger partial charge on any atom is -0.393 e. The fraction of sp³-hybridized carbons (Fsp3) is 1.00. The molecule has 1 saturated carbocycles. The van der Waals surface area contributed by atoms with E-state index in [4.69, 9.17) is 4.74 Å². The Hall–Kier alpha value is -0.230. The highest BCUT2D eigenvalue weighted by atomic mass is 19.1. The maximum absolute atomic E-state index is 14.3. The number of ether oxygens (including phenoxy) is 1. The molecule has 0 spiro atoms. The van der Waals surface area contributed by atoms with Gasteiger partial charge in [-0.2, -0.15) is 0 Å². The molecule has 0 unspecified atom stereocenters. The predicted octanol–water partition coefficient (Wildman–Crippen LogP) is 1.72. The van der Waals surface area contributed by atoms with E-state index in [0.717, 1.165) is 39.0 Å². The van der Waals surface area contributed by atoms with Gasteiger partial charge in [-0.3, -0.25) is 4.90 Å². The fourth-order valence-electron chi connectivity index (χ4n) is 3.12. The van der Waals surface area contributed by atoms with Gasteiger partial charge in [-0.1, -0.05) is 0 Å². The molecule has 4 nitrogen and oxygen atoms in total. The number of nitrogens with one attached hydrogen (secondary N) is 1. The van der Waals surface area contributed by atoms with Crippen molar-refractivity contribution in [2.45, 2.75) is 62.8 Å². The van der Waals surface area contributed by atoms with Gasteiger partial charge in [-0.15, -0.1) is 0 Å². The molecule has 5 heteroatoms. The molecule has 3 aliphatic rings. The first kappa shape index (κ1) is 17.1. The number of alkyl halides is 1. The third-order valence-electron chi connectivity index (χ3n) is 4.95. The van der Waals surface area contributed by atoms with Crippen LogP contribution in [-0.4, -0.2) is 67.7 Å². The zero-order valence-corrected chi connectivity index (χ0v) is 13.3. The van der Waals surface area contributed by atoms with Crippen molar-refractivity contribution in [3.63, 3.8) is 0 Å². The van der Waals surface area contributed by atoms with E-state index >= 15 is 0 Å². The van der Waals surface area contributed by atoms with Crippen molar-refractivity contribution >= 4 is 0 Å². The molecule has 124 valence electrons. The van der Waals surface area contributed by atoms with Crippen LogP contribution in [0.5, 0.6) is 0 Å². The maximum atomic E-state index is 14.3. The Bertz CT molecular complexity index is 283. The molecule has 1 aliphatic carbocycles. The molecule has 0 radical (unpaired) electrons. The van der Waals surface area contributed by atoms with Gasteiger partial charge in [-0.25, -0.2) is 4.39 Å². The Morgan fingerprint density at radius 1 is 1.19 bits per heavy atom. The Morgan fingerprint density at radius 2 is 1.81 bits per heavy atom. The number of nitrogens with zero attached hydrogens (tertiary/aromatic N) is 1. The molecule has 0 atom stereocenters. The monoisotopic (exact) mass is 302 g/mol. The highest BCUT2D eigenvalue weighted by Gasteiger charge is 2.34. The molecule has 0 aromatic carbocycles. The van der Waals surface area contributed by atoms with E-state index in [0.29, 0.717) is 25.5 Å². The van der Waals surface area contributed by atoms with Gasteiger partial charge in [0.25, 0.3) is 0 Å². The fourth-order valence-corrected chi connectivity index (χ4v) is 3.12. The average Bonchev–Trinajstić information content (AvgIpc) is 2.41. The summed E-state index contributed by atoms with van der Waals surface area (Å²) in [7, 11) is 1.78. The molecule has 2 saturated heterocycles. The molecule has 2 aliphatic heterocycles. The lowest BCUT2D eigenvalue weighted by atomic mass is 9.93. The number of methoxy groups -OCH3 is 1. The number of likely N-dealkylation sites (tertiary alicyclic amines) is 1. The van der Waals surface area contributed by atoms with E-state index in [1.165, 1.54) is 19.3 Å². The normalized spacial score (nSPS) is 27.6. The largest absolute Gasteiger partial charge is 0.393 e. The summed E-state index contributed by atoms with van der Waals surface area (Å²) in [4.78, 5) is 2.16. The smallest absolute Gasteiger partial charge is 0.126 e. The van der Waals surface area contributed by atoms with Crippen LogP contribution in [0, 0.1) is 0 Å². The van der Waals surface area contributed by atoms with Crippen molar-refractivity contribution in [3.8, 4) is 0 Å². The van der Waals surface area contributed by atoms with Crippen LogP contribution in [-0.2, 0) is 4.74 Å². The summed E-state index contributed by atoms with van der Waals surface area (Å²) < 4.78 is 19.3. The van der Waals surface area contributed by atoms with Crippen LogP contribution in [0.1, 0.15) is 44.9 Å². The lowest BCUT2D eigenvalue weighted by molar-refractivity contribution is 0.0247. The molecule has 0 bridgehead atoms. The van der Waals surface area contributed by atoms with E-state index < -0.39 is 5.67 Å².